The van der Waals surface area contributed by atoms with Crippen molar-refractivity contribution in [2.75, 3.05) is 6.54 Å². The van der Waals surface area contributed by atoms with Gasteiger partial charge in [-0.05, 0) is 63.6 Å². The van der Waals surface area contributed by atoms with E-state index in [-0.39, 0.29) is 31.6 Å². The third kappa shape index (κ3) is 12.8. The number of carboxylic acid groups (broad SMARTS) is 2. The number of likely N-dealkylation sites (tertiary alicyclic amines) is 1. The molecular formula is C34H51N7O11. The van der Waals surface area contributed by atoms with Crippen LogP contribution in [-0.2, 0) is 44.8 Å². The molecule has 6 amide bonds. The van der Waals surface area contributed by atoms with E-state index in [9.17, 15) is 48.6 Å². The van der Waals surface area contributed by atoms with Gasteiger partial charge in [0, 0.05) is 19.4 Å². The van der Waals surface area contributed by atoms with Crippen LogP contribution in [-0.4, -0.2) is 116 Å². The van der Waals surface area contributed by atoms with Gasteiger partial charge in [0.2, 0.25) is 35.4 Å². The molecule has 1 saturated heterocycles. The highest BCUT2D eigenvalue weighted by Crippen LogP contribution is 2.19. The number of aliphatic carboxylic acids is 2. The average Bonchev–Trinajstić information content (AvgIpc) is 3.59. The monoisotopic (exact) mass is 733 g/mol. The van der Waals surface area contributed by atoms with Gasteiger partial charge in [-0.2, -0.15) is 0 Å². The molecule has 52 heavy (non-hydrogen) atoms. The lowest BCUT2D eigenvalue weighted by Gasteiger charge is -2.29. The molecule has 0 saturated carbocycles. The van der Waals surface area contributed by atoms with Crippen LogP contribution in [0.25, 0.3) is 0 Å². The number of phenols is 1. The Hall–Kier alpha value is -5.26. The molecule has 0 radical (unpaired) electrons. The molecule has 288 valence electrons. The van der Waals surface area contributed by atoms with Crippen molar-refractivity contribution < 1.29 is 53.7 Å². The zero-order chi connectivity index (χ0) is 39.3. The first-order valence-corrected chi connectivity index (χ1v) is 17.2. The van der Waals surface area contributed by atoms with Crippen LogP contribution in [0.1, 0.15) is 72.3 Å². The number of phenolic OH excluding ortho intramolecular Hbond substituents is 1. The minimum Gasteiger partial charge on any atom is -0.508 e. The maximum atomic E-state index is 13.7. The van der Waals surface area contributed by atoms with Crippen molar-refractivity contribution in [3.63, 3.8) is 0 Å². The molecule has 8 atom stereocenters. The molecule has 1 aliphatic heterocycles. The normalized spacial score (nSPS) is 18.0. The summed E-state index contributed by atoms with van der Waals surface area (Å²) < 4.78 is 0. The van der Waals surface area contributed by atoms with Crippen molar-refractivity contribution in [2.45, 2.75) is 115 Å². The second-order valence-corrected chi connectivity index (χ2v) is 13.1. The molecule has 1 aromatic rings. The van der Waals surface area contributed by atoms with E-state index < -0.39 is 95.6 Å². The number of carboxylic acids is 2. The minimum atomic E-state index is -1.29. The molecule has 10 N–H and O–H groups in total. The fraction of sp³-hybridized carbons (Fsp3) is 0.588. The van der Waals surface area contributed by atoms with Gasteiger partial charge < -0.3 is 52.5 Å². The molecule has 0 unspecified atom stereocenters. The van der Waals surface area contributed by atoms with Crippen LogP contribution in [0.5, 0.6) is 5.75 Å². The van der Waals surface area contributed by atoms with Gasteiger partial charge >= 0.3 is 11.9 Å². The zero-order valence-corrected chi connectivity index (χ0v) is 30.0. The number of benzene rings is 1. The number of aromatic hydroxyl groups is 1. The summed E-state index contributed by atoms with van der Waals surface area (Å²) in [6.45, 7) is 7.84. The Morgan fingerprint density at radius 3 is 1.90 bits per heavy atom. The standard InChI is InChI=1S/C34H51N7O11/c1-6-17(2)27(40-29(46)19(4)36-30(47)23(35)13-14-26(43)44)32(49)39-24(16-21-9-11-22(42)12-10-21)31(48)37-18(3)28(45)38-20(5)33(50)41-15-7-8-25(41)34(51)52/h9-12,17-20,23-25,27,42H,6-8,13-16,35H2,1-5H3,(H,36,47)(H,37,48)(H,38,45)(H,39,49)(H,40,46)(H,43,44)(H,51,52)/t17-,18-,19-,20-,23-,24-,25-,27-/m0/s1. The molecule has 0 spiro atoms. The van der Waals surface area contributed by atoms with Crippen LogP contribution in [0, 0.1) is 5.92 Å². The Bertz CT molecular complexity index is 1470. The average molecular weight is 734 g/mol. The van der Waals surface area contributed by atoms with E-state index >= 15 is 0 Å². The number of nitrogens with one attached hydrogen (secondary N) is 5. The highest BCUT2D eigenvalue weighted by molar-refractivity contribution is 5.97. The molecule has 0 aromatic heterocycles. The second-order valence-electron chi connectivity index (χ2n) is 13.1. The molecule has 1 heterocycles. The van der Waals surface area contributed by atoms with Crippen LogP contribution in [0.4, 0.5) is 0 Å². The molecule has 1 fully saturated rings. The first-order valence-electron chi connectivity index (χ1n) is 17.2. The number of nitrogens with two attached hydrogens (primary N) is 1. The van der Waals surface area contributed by atoms with Gasteiger partial charge in [0.05, 0.1) is 6.04 Å². The molecule has 18 nitrogen and oxygen atoms in total. The van der Waals surface area contributed by atoms with E-state index in [0.29, 0.717) is 24.8 Å². The molecular weight excluding hydrogens is 682 g/mol. The van der Waals surface area contributed by atoms with E-state index in [1.807, 2.05) is 0 Å². The molecule has 0 bridgehead atoms. The lowest BCUT2D eigenvalue weighted by atomic mass is 9.96. The van der Waals surface area contributed by atoms with E-state index in [2.05, 4.69) is 26.6 Å². The maximum absolute atomic E-state index is 13.7. The summed E-state index contributed by atoms with van der Waals surface area (Å²) in [5.41, 5.74) is 6.27. The van der Waals surface area contributed by atoms with Gasteiger partial charge in [0.15, 0.2) is 0 Å². The summed E-state index contributed by atoms with van der Waals surface area (Å²) in [6, 6.07) is -2.24. The Balaban J connectivity index is 2.18. The topological polar surface area (TPSA) is 287 Å². The molecule has 18 heteroatoms. The van der Waals surface area contributed by atoms with Crippen LogP contribution < -0.4 is 32.3 Å². The Morgan fingerprint density at radius 1 is 0.788 bits per heavy atom. The van der Waals surface area contributed by atoms with E-state index in [0.717, 1.165) is 0 Å². The minimum absolute atomic E-state index is 0.0325. The second kappa shape index (κ2) is 20.0. The summed E-state index contributed by atoms with van der Waals surface area (Å²) in [6.07, 6.45) is 0.638. The van der Waals surface area contributed by atoms with E-state index in [1.165, 1.54) is 49.9 Å². The number of carbonyl (C=O) groups is 8. The summed E-state index contributed by atoms with van der Waals surface area (Å²) in [5, 5.41) is 40.6. The smallest absolute Gasteiger partial charge is 0.326 e. The summed E-state index contributed by atoms with van der Waals surface area (Å²) in [4.78, 5) is 102. The number of hydrogen-bond donors (Lipinski definition) is 9. The number of hydrogen-bond acceptors (Lipinski definition) is 10. The SMILES string of the molecule is CC[C@H](C)[C@H](NC(=O)[C@H](C)NC(=O)[C@@H](N)CCC(=O)O)C(=O)N[C@@H](Cc1ccc(O)cc1)C(=O)N[C@@H](C)C(=O)N[C@@H](C)C(=O)N1CCC[C@H]1C(=O)O. The van der Waals surface area contributed by atoms with Crippen LogP contribution in [0.15, 0.2) is 24.3 Å². The Morgan fingerprint density at radius 2 is 1.35 bits per heavy atom. The van der Waals surface area contributed by atoms with Gasteiger partial charge in [-0.25, -0.2) is 4.79 Å². The van der Waals surface area contributed by atoms with Crippen LogP contribution in [0.2, 0.25) is 0 Å². The zero-order valence-electron chi connectivity index (χ0n) is 30.0. The largest absolute Gasteiger partial charge is 0.508 e. The van der Waals surface area contributed by atoms with Gasteiger partial charge in [-0.1, -0.05) is 32.4 Å². The molecule has 2 rings (SSSR count). The van der Waals surface area contributed by atoms with Crippen LogP contribution in [0.3, 0.4) is 0 Å². The fourth-order valence-electron chi connectivity index (χ4n) is 5.43. The fourth-order valence-corrected chi connectivity index (χ4v) is 5.43. The van der Waals surface area contributed by atoms with E-state index in [1.54, 1.807) is 13.8 Å². The van der Waals surface area contributed by atoms with Crippen molar-refractivity contribution in [1.29, 1.82) is 0 Å². The van der Waals surface area contributed by atoms with Gasteiger partial charge in [0.1, 0.15) is 42.0 Å². The number of nitrogens with zero attached hydrogens (tertiary/aromatic N) is 1. The quantitative estimate of drug-likeness (QED) is 0.0805. The molecule has 1 aliphatic rings. The lowest BCUT2D eigenvalue weighted by molar-refractivity contribution is -0.149. The van der Waals surface area contributed by atoms with Gasteiger partial charge in [0.25, 0.3) is 0 Å². The molecule has 1 aromatic carbocycles. The van der Waals surface area contributed by atoms with Crippen molar-refractivity contribution >= 4 is 47.4 Å². The first-order chi connectivity index (χ1) is 24.4. The summed E-state index contributed by atoms with van der Waals surface area (Å²) in [7, 11) is 0. The number of amides is 6. The van der Waals surface area contributed by atoms with Crippen molar-refractivity contribution in [3.05, 3.63) is 29.8 Å². The van der Waals surface area contributed by atoms with Crippen LogP contribution >= 0.6 is 0 Å². The third-order valence-electron chi connectivity index (χ3n) is 8.86. The van der Waals surface area contributed by atoms with Crippen molar-refractivity contribution in [1.82, 2.24) is 31.5 Å². The van der Waals surface area contributed by atoms with E-state index in [4.69, 9.17) is 10.8 Å². The molecule has 0 aliphatic carbocycles. The van der Waals surface area contributed by atoms with Crippen molar-refractivity contribution in [2.24, 2.45) is 11.7 Å². The highest BCUT2D eigenvalue weighted by atomic mass is 16.4. The first kappa shape index (κ1) is 42.9. The Kier molecular flexibility index (Phi) is 16.5. The maximum Gasteiger partial charge on any atom is 0.326 e. The predicted molar refractivity (Wildman–Crippen MR) is 185 cm³/mol. The summed E-state index contributed by atoms with van der Waals surface area (Å²) in [5.74, 6) is -7.10. The number of rotatable bonds is 19. The summed E-state index contributed by atoms with van der Waals surface area (Å²) >= 11 is 0. The van der Waals surface area contributed by atoms with Gasteiger partial charge in [-0.15, -0.1) is 0 Å². The number of carbonyl (C=O) groups excluding carboxylic acids is 6. The van der Waals surface area contributed by atoms with Gasteiger partial charge in [-0.3, -0.25) is 33.6 Å². The Labute approximate surface area is 301 Å². The third-order valence-corrected chi connectivity index (χ3v) is 8.86. The highest BCUT2D eigenvalue weighted by Gasteiger charge is 2.37. The lowest BCUT2D eigenvalue weighted by Crippen LogP contribution is -2.60. The predicted octanol–water partition coefficient (Wildman–Crippen LogP) is -1.27. The van der Waals surface area contributed by atoms with Crippen molar-refractivity contribution in [3.8, 4) is 5.75 Å².